The van der Waals surface area contributed by atoms with E-state index in [-0.39, 0.29) is 5.78 Å². The van der Waals surface area contributed by atoms with Gasteiger partial charge in [0.25, 0.3) is 0 Å². The van der Waals surface area contributed by atoms with Gasteiger partial charge >= 0.3 is 0 Å². The van der Waals surface area contributed by atoms with E-state index in [0.717, 1.165) is 0 Å². The molecule has 1 unspecified atom stereocenters. The van der Waals surface area contributed by atoms with Gasteiger partial charge in [0, 0.05) is 15.1 Å². The minimum atomic E-state index is -0.985. The third-order valence-electron chi connectivity index (χ3n) is 2.74. The zero-order valence-electron chi connectivity index (χ0n) is 10.1. The van der Waals surface area contributed by atoms with Crippen molar-refractivity contribution in [1.29, 1.82) is 5.26 Å². The lowest BCUT2D eigenvalue weighted by molar-refractivity contribution is 0.0979. The van der Waals surface area contributed by atoms with Crippen LogP contribution in [0.2, 0.25) is 5.02 Å². The fourth-order valence-electron chi connectivity index (χ4n) is 1.80. The van der Waals surface area contributed by atoms with Crippen LogP contribution in [0.5, 0.6) is 0 Å². The van der Waals surface area contributed by atoms with Crippen molar-refractivity contribution < 1.29 is 9.18 Å². The van der Waals surface area contributed by atoms with Gasteiger partial charge in [-0.1, -0.05) is 39.7 Å². The molecule has 0 fully saturated rings. The van der Waals surface area contributed by atoms with Gasteiger partial charge in [-0.2, -0.15) is 5.26 Å². The number of nitrogens with zero attached hydrogens (tertiary/aromatic N) is 1. The van der Waals surface area contributed by atoms with Gasteiger partial charge in [-0.25, -0.2) is 4.39 Å². The fraction of sp³-hybridized carbons (Fsp3) is 0.0667. The first-order chi connectivity index (χ1) is 9.51. The summed E-state index contributed by atoms with van der Waals surface area (Å²) >= 11 is 9.14. The van der Waals surface area contributed by atoms with Crippen molar-refractivity contribution in [3.05, 3.63) is 68.9 Å². The van der Waals surface area contributed by atoms with Crippen molar-refractivity contribution in [3.8, 4) is 6.07 Å². The number of Topliss-reactive ketones (excluding diaryl/α,β-unsaturated/α-hetero) is 1. The Morgan fingerprint density at radius 1 is 1.25 bits per heavy atom. The summed E-state index contributed by atoms with van der Waals surface area (Å²) in [6.45, 7) is 0. The minimum absolute atomic E-state index is 0.334. The molecule has 1 atom stereocenters. The number of rotatable bonds is 3. The molecule has 0 saturated carbocycles. The first-order valence-electron chi connectivity index (χ1n) is 5.66. The van der Waals surface area contributed by atoms with E-state index < -0.39 is 11.7 Å². The first kappa shape index (κ1) is 14.7. The van der Waals surface area contributed by atoms with Gasteiger partial charge in [-0.15, -0.1) is 0 Å². The van der Waals surface area contributed by atoms with Gasteiger partial charge in [-0.05, 0) is 35.9 Å². The summed E-state index contributed by atoms with van der Waals surface area (Å²) in [6.07, 6.45) is 0. The Hall–Kier alpha value is -1.70. The van der Waals surface area contributed by atoms with Gasteiger partial charge in [0.1, 0.15) is 11.7 Å². The molecule has 2 rings (SSSR count). The largest absolute Gasteiger partial charge is 0.292 e. The average Bonchev–Trinajstić information content (AvgIpc) is 2.40. The molecule has 0 saturated heterocycles. The van der Waals surface area contributed by atoms with E-state index >= 15 is 0 Å². The smallest absolute Gasteiger partial charge is 0.184 e. The number of benzene rings is 2. The zero-order valence-corrected chi connectivity index (χ0v) is 12.5. The Balaban J connectivity index is 2.39. The van der Waals surface area contributed by atoms with Crippen LogP contribution in [0.4, 0.5) is 4.39 Å². The van der Waals surface area contributed by atoms with Crippen molar-refractivity contribution >= 4 is 33.3 Å². The summed E-state index contributed by atoms with van der Waals surface area (Å²) in [6, 6.07) is 12.0. The van der Waals surface area contributed by atoms with Crippen LogP contribution in [-0.4, -0.2) is 5.78 Å². The Bertz CT molecular complexity index is 674. The molecule has 0 spiro atoms. The van der Waals surface area contributed by atoms with Crippen LogP contribution >= 0.6 is 27.5 Å². The van der Waals surface area contributed by atoms with Gasteiger partial charge in [-0.3, -0.25) is 4.79 Å². The first-order valence-corrected chi connectivity index (χ1v) is 6.84. The maximum atomic E-state index is 12.9. The number of carbonyl (C=O) groups excluding carboxylic acids is 1. The van der Waals surface area contributed by atoms with Gasteiger partial charge in [0.05, 0.1) is 6.07 Å². The van der Waals surface area contributed by atoms with E-state index in [1.54, 1.807) is 12.1 Å². The molecule has 0 heterocycles. The van der Waals surface area contributed by atoms with E-state index in [1.807, 2.05) is 6.07 Å². The highest BCUT2D eigenvalue weighted by molar-refractivity contribution is 9.10. The molecule has 2 aromatic rings. The molecule has 0 bridgehead atoms. The molecule has 0 aromatic heterocycles. The van der Waals surface area contributed by atoms with Crippen molar-refractivity contribution in [2.45, 2.75) is 5.92 Å². The van der Waals surface area contributed by atoms with E-state index in [1.165, 1.54) is 30.3 Å². The molecule has 0 aliphatic rings. The SMILES string of the molecule is N#CC(C(=O)c1cc(Cl)cc(Br)c1)c1ccc(F)cc1. The summed E-state index contributed by atoms with van der Waals surface area (Å²) in [5.41, 5.74) is 0.787. The van der Waals surface area contributed by atoms with Crippen LogP contribution in [0.1, 0.15) is 21.8 Å². The maximum absolute atomic E-state index is 12.9. The van der Waals surface area contributed by atoms with Crippen molar-refractivity contribution in [2.75, 3.05) is 0 Å². The number of hydrogen-bond donors (Lipinski definition) is 0. The van der Waals surface area contributed by atoms with Gasteiger partial charge < -0.3 is 0 Å². The molecule has 2 aromatic carbocycles. The second-order valence-electron chi connectivity index (χ2n) is 4.14. The molecule has 0 radical (unpaired) electrons. The molecule has 2 nitrogen and oxygen atoms in total. The number of ketones is 1. The molecule has 100 valence electrons. The molecule has 0 aliphatic carbocycles. The van der Waals surface area contributed by atoms with E-state index in [0.29, 0.717) is 20.6 Å². The lowest BCUT2D eigenvalue weighted by Crippen LogP contribution is -2.11. The summed E-state index contributed by atoms with van der Waals surface area (Å²) in [5.74, 6) is -1.77. The Labute approximate surface area is 128 Å². The molecule has 20 heavy (non-hydrogen) atoms. The van der Waals surface area contributed by atoms with Gasteiger partial charge in [0.2, 0.25) is 0 Å². The van der Waals surface area contributed by atoms with Crippen molar-refractivity contribution in [2.24, 2.45) is 0 Å². The molecule has 0 N–H and O–H groups in total. The van der Waals surface area contributed by atoms with Crippen LogP contribution in [-0.2, 0) is 0 Å². The normalized spacial score (nSPS) is 11.7. The number of hydrogen-bond acceptors (Lipinski definition) is 2. The van der Waals surface area contributed by atoms with Crippen LogP contribution in [0.3, 0.4) is 0 Å². The summed E-state index contributed by atoms with van der Waals surface area (Å²) in [7, 11) is 0. The standard InChI is InChI=1S/C15H8BrClFNO/c16-11-5-10(6-12(17)7-11)15(20)14(8-19)9-1-3-13(18)4-2-9/h1-7,14H. The average molecular weight is 353 g/mol. The van der Waals surface area contributed by atoms with E-state index in [9.17, 15) is 14.4 Å². The number of carbonyl (C=O) groups is 1. The molecular weight excluding hydrogens is 345 g/mol. The third-order valence-corrected chi connectivity index (χ3v) is 3.42. The quantitative estimate of drug-likeness (QED) is 0.749. The Morgan fingerprint density at radius 3 is 2.45 bits per heavy atom. The van der Waals surface area contributed by atoms with Crippen LogP contribution < -0.4 is 0 Å². The molecule has 0 aliphatic heterocycles. The lowest BCUT2D eigenvalue weighted by Gasteiger charge is -2.09. The zero-order chi connectivity index (χ0) is 14.7. The highest BCUT2D eigenvalue weighted by Crippen LogP contribution is 2.25. The van der Waals surface area contributed by atoms with Crippen LogP contribution in [0.15, 0.2) is 46.9 Å². The van der Waals surface area contributed by atoms with Crippen LogP contribution in [0.25, 0.3) is 0 Å². The van der Waals surface area contributed by atoms with E-state index in [4.69, 9.17) is 11.6 Å². The topological polar surface area (TPSA) is 40.9 Å². The minimum Gasteiger partial charge on any atom is -0.292 e. The predicted octanol–water partition coefficient (Wildman–Crippen LogP) is 4.73. The molecule has 5 heteroatoms. The summed E-state index contributed by atoms with van der Waals surface area (Å²) in [5, 5.41) is 9.61. The number of halogens is 3. The second kappa shape index (κ2) is 6.17. The number of nitriles is 1. The van der Waals surface area contributed by atoms with Crippen LogP contribution in [0, 0.1) is 17.1 Å². The summed E-state index contributed by atoms with van der Waals surface area (Å²) < 4.78 is 13.5. The lowest BCUT2D eigenvalue weighted by atomic mass is 9.92. The molecule has 0 amide bonds. The second-order valence-corrected chi connectivity index (χ2v) is 5.49. The summed E-state index contributed by atoms with van der Waals surface area (Å²) in [4.78, 5) is 12.4. The van der Waals surface area contributed by atoms with Gasteiger partial charge in [0.15, 0.2) is 5.78 Å². The highest BCUT2D eigenvalue weighted by Gasteiger charge is 2.22. The highest BCUT2D eigenvalue weighted by atomic mass is 79.9. The molecular formula is C15H8BrClFNO. The van der Waals surface area contributed by atoms with E-state index in [2.05, 4.69) is 15.9 Å². The van der Waals surface area contributed by atoms with Crippen molar-refractivity contribution in [3.63, 3.8) is 0 Å². The third kappa shape index (κ3) is 3.24. The fourth-order valence-corrected chi connectivity index (χ4v) is 2.66. The Kier molecular flexibility index (Phi) is 4.53. The monoisotopic (exact) mass is 351 g/mol. The predicted molar refractivity (Wildman–Crippen MR) is 78.2 cm³/mol. The maximum Gasteiger partial charge on any atom is 0.184 e. The Morgan fingerprint density at radius 2 is 1.90 bits per heavy atom. The van der Waals surface area contributed by atoms with Crippen molar-refractivity contribution in [1.82, 2.24) is 0 Å².